The van der Waals surface area contributed by atoms with Gasteiger partial charge in [-0.3, -0.25) is 4.57 Å². The number of aryl methyl sites for hydroxylation is 1. The molecule has 0 heterocycles. The lowest BCUT2D eigenvalue weighted by atomic mass is 9.98. The van der Waals surface area contributed by atoms with E-state index in [9.17, 15) is 33.0 Å². The van der Waals surface area contributed by atoms with Crippen LogP contribution in [0.25, 0.3) is 0 Å². The summed E-state index contributed by atoms with van der Waals surface area (Å²) in [7, 11) is -8.93. The van der Waals surface area contributed by atoms with E-state index in [1.807, 2.05) is 30.3 Å². The second-order valence-electron chi connectivity index (χ2n) is 10.3. The van der Waals surface area contributed by atoms with Gasteiger partial charge in [0, 0.05) is 0 Å². The smallest absolute Gasteiger partial charge is 0.356 e. The number of hydrogen-bond acceptors (Lipinski definition) is 6. The van der Waals surface area contributed by atoms with Crippen LogP contribution >= 0.6 is 7.60 Å². The summed E-state index contributed by atoms with van der Waals surface area (Å²) in [5.41, 5.74) is 1.56. The third-order valence-electron chi connectivity index (χ3n) is 6.86. The molecule has 9 nitrogen and oxygen atoms in total. The molecule has 2 rings (SSSR count). The zero-order valence-electron chi connectivity index (χ0n) is 23.3. The molecule has 0 bridgehead atoms. The first kappa shape index (κ1) is 34.6. The Morgan fingerprint density at radius 2 is 1.35 bits per heavy atom. The fourth-order valence-corrected chi connectivity index (χ4v) is 6.60. The summed E-state index contributed by atoms with van der Waals surface area (Å²) in [6.45, 7) is 2.02. The standard InChI is InChI=1S/C29H46NO8PS/c1-2-3-4-5-6-7-8-15-22-40(36,37)30-26(21-20-24-16-11-9-12-17-24)27(31)28(29(32)39(33,34)35)38-23-25-18-13-10-14-19-25/h9-14,16-19,26-32H,2-8,15,20-23H2,1H3,(H2,33,34,35). The first-order chi connectivity index (χ1) is 19.0. The Balaban J connectivity index is 2.14. The molecule has 0 spiro atoms. The molecule has 4 unspecified atom stereocenters. The number of nitrogens with one attached hydrogen (secondary N) is 1. The van der Waals surface area contributed by atoms with Crippen molar-refractivity contribution in [1.29, 1.82) is 0 Å². The van der Waals surface area contributed by atoms with Crippen LogP contribution in [-0.2, 0) is 32.4 Å². The van der Waals surface area contributed by atoms with Crippen molar-refractivity contribution in [1.82, 2.24) is 4.72 Å². The van der Waals surface area contributed by atoms with E-state index < -0.39 is 41.7 Å². The number of aliphatic hydroxyl groups excluding tert-OH is 2. The molecule has 0 aliphatic carbocycles. The quantitative estimate of drug-likeness (QED) is 0.104. The molecule has 0 amide bonds. The molecule has 2 aromatic rings. The van der Waals surface area contributed by atoms with Crippen LogP contribution in [0.4, 0.5) is 0 Å². The Kier molecular flexibility index (Phi) is 15.6. The predicted molar refractivity (Wildman–Crippen MR) is 157 cm³/mol. The van der Waals surface area contributed by atoms with Crippen LogP contribution in [0.5, 0.6) is 0 Å². The van der Waals surface area contributed by atoms with E-state index in [0.717, 1.165) is 31.2 Å². The minimum atomic E-state index is -5.10. The maximum absolute atomic E-state index is 13.0. The van der Waals surface area contributed by atoms with Crippen molar-refractivity contribution in [3.8, 4) is 0 Å². The topological polar surface area (TPSA) is 153 Å². The number of aliphatic hydroxyl groups is 2. The van der Waals surface area contributed by atoms with Gasteiger partial charge in [0.05, 0.1) is 24.5 Å². The molecule has 4 atom stereocenters. The van der Waals surface area contributed by atoms with Crippen LogP contribution in [0.1, 0.15) is 75.8 Å². The van der Waals surface area contributed by atoms with Gasteiger partial charge in [0.1, 0.15) is 6.10 Å². The minimum Gasteiger partial charge on any atom is -0.389 e. The molecule has 226 valence electrons. The minimum absolute atomic E-state index is 0.126. The predicted octanol–water partition coefficient (Wildman–Crippen LogP) is 4.49. The third-order valence-corrected chi connectivity index (χ3v) is 9.33. The van der Waals surface area contributed by atoms with Crippen molar-refractivity contribution >= 4 is 17.6 Å². The summed E-state index contributed by atoms with van der Waals surface area (Å²) in [4.78, 5) is 19.4. The summed E-state index contributed by atoms with van der Waals surface area (Å²) in [6, 6.07) is 16.9. The van der Waals surface area contributed by atoms with Gasteiger partial charge >= 0.3 is 7.60 Å². The highest BCUT2D eigenvalue weighted by molar-refractivity contribution is 7.89. The van der Waals surface area contributed by atoms with Crippen molar-refractivity contribution in [3.63, 3.8) is 0 Å². The van der Waals surface area contributed by atoms with Crippen LogP contribution in [-0.4, -0.2) is 58.3 Å². The van der Waals surface area contributed by atoms with E-state index in [1.165, 1.54) is 19.3 Å². The fraction of sp³-hybridized carbons (Fsp3) is 0.586. The Morgan fingerprint density at radius 3 is 1.90 bits per heavy atom. The third kappa shape index (κ3) is 13.4. The Labute approximate surface area is 239 Å². The van der Waals surface area contributed by atoms with Crippen LogP contribution in [0.15, 0.2) is 60.7 Å². The maximum Gasteiger partial charge on any atom is 0.356 e. The van der Waals surface area contributed by atoms with Crippen molar-refractivity contribution in [2.24, 2.45) is 0 Å². The van der Waals surface area contributed by atoms with Gasteiger partial charge in [-0.15, -0.1) is 0 Å². The number of rotatable bonds is 21. The molecule has 0 aliphatic heterocycles. The largest absolute Gasteiger partial charge is 0.389 e. The zero-order chi connectivity index (χ0) is 29.4. The number of unbranched alkanes of at least 4 members (excludes halogenated alkanes) is 7. The van der Waals surface area contributed by atoms with E-state index >= 15 is 0 Å². The normalized spacial score (nSPS) is 15.4. The molecule has 11 heteroatoms. The van der Waals surface area contributed by atoms with Crippen LogP contribution in [0, 0.1) is 0 Å². The van der Waals surface area contributed by atoms with E-state index in [2.05, 4.69) is 11.6 Å². The molecular formula is C29H46NO8PS. The van der Waals surface area contributed by atoms with Gasteiger partial charge < -0.3 is 24.7 Å². The van der Waals surface area contributed by atoms with Gasteiger partial charge in [-0.05, 0) is 30.4 Å². The Morgan fingerprint density at radius 1 is 0.825 bits per heavy atom. The van der Waals surface area contributed by atoms with Crippen LogP contribution < -0.4 is 4.72 Å². The monoisotopic (exact) mass is 599 g/mol. The maximum atomic E-state index is 13.0. The number of sulfonamides is 1. The molecule has 5 N–H and O–H groups in total. The SMILES string of the molecule is CCCCCCCCCCS(=O)(=O)NC(CCc1ccccc1)C(O)C(OCc1ccccc1)C(O)P(=O)(O)O. The van der Waals surface area contributed by atoms with Gasteiger partial charge in [0.25, 0.3) is 0 Å². The fourth-order valence-electron chi connectivity index (χ4n) is 4.53. The zero-order valence-corrected chi connectivity index (χ0v) is 25.1. The average Bonchev–Trinajstić information content (AvgIpc) is 2.93. The van der Waals surface area contributed by atoms with E-state index in [0.29, 0.717) is 18.4 Å². The highest BCUT2D eigenvalue weighted by Gasteiger charge is 2.43. The first-order valence-electron chi connectivity index (χ1n) is 14.1. The van der Waals surface area contributed by atoms with Crippen LogP contribution in [0.3, 0.4) is 0 Å². The van der Waals surface area contributed by atoms with Gasteiger partial charge in [-0.2, -0.15) is 0 Å². The molecule has 0 fully saturated rings. The molecule has 0 saturated heterocycles. The van der Waals surface area contributed by atoms with Gasteiger partial charge in [0.2, 0.25) is 10.0 Å². The molecule has 0 aromatic heterocycles. The van der Waals surface area contributed by atoms with Gasteiger partial charge in [-0.1, -0.05) is 113 Å². The lowest BCUT2D eigenvalue weighted by molar-refractivity contribution is -0.0977. The Hall–Kier alpha value is -1.62. The Bertz CT molecular complexity index is 1100. The van der Waals surface area contributed by atoms with E-state index in [1.54, 1.807) is 30.3 Å². The summed E-state index contributed by atoms with van der Waals surface area (Å²) in [6.07, 6.45) is 4.98. The molecule has 0 saturated carbocycles. The van der Waals surface area contributed by atoms with E-state index in [4.69, 9.17) is 4.74 Å². The van der Waals surface area contributed by atoms with Gasteiger partial charge in [-0.25, -0.2) is 13.1 Å². The second-order valence-corrected chi connectivity index (χ2v) is 13.9. The molecular weight excluding hydrogens is 553 g/mol. The van der Waals surface area contributed by atoms with E-state index in [-0.39, 0.29) is 18.8 Å². The lowest BCUT2D eigenvalue weighted by Gasteiger charge is -2.33. The number of benzene rings is 2. The second kappa shape index (κ2) is 18.0. The molecule has 2 aromatic carbocycles. The highest BCUT2D eigenvalue weighted by atomic mass is 32.2. The molecule has 0 radical (unpaired) electrons. The van der Waals surface area contributed by atoms with Crippen molar-refractivity contribution in [2.75, 3.05) is 5.75 Å². The lowest BCUT2D eigenvalue weighted by Crippen LogP contribution is -2.53. The van der Waals surface area contributed by atoms with Crippen molar-refractivity contribution < 1.29 is 37.7 Å². The summed E-state index contributed by atoms with van der Waals surface area (Å²) in [5, 5.41) is 21.8. The summed E-state index contributed by atoms with van der Waals surface area (Å²) >= 11 is 0. The summed E-state index contributed by atoms with van der Waals surface area (Å²) < 4.78 is 46.2. The first-order valence-corrected chi connectivity index (χ1v) is 17.5. The molecule has 40 heavy (non-hydrogen) atoms. The summed E-state index contributed by atoms with van der Waals surface area (Å²) in [5.74, 6) is -2.48. The van der Waals surface area contributed by atoms with Crippen LogP contribution in [0.2, 0.25) is 0 Å². The number of ether oxygens (including phenoxy) is 1. The van der Waals surface area contributed by atoms with Gasteiger partial charge in [0.15, 0.2) is 5.85 Å². The highest BCUT2D eigenvalue weighted by Crippen LogP contribution is 2.43. The molecule has 0 aliphatic rings. The van der Waals surface area contributed by atoms with Crippen molar-refractivity contribution in [3.05, 3.63) is 71.8 Å². The number of hydrogen-bond donors (Lipinski definition) is 5. The average molecular weight is 600 g/mol. The van der Waals surface area contributed by atoms with Crippen molar-refractivity contribution in [2.45, 2.75) is 102 Å².